The van der Waals surface area contributed by atoms with Crippen molar-refractivity contribution in [1.82, 2.24) is 15.5 Å². The fourth-order valence-electron chi connectivity index (χ4n) is 6.98. The summed E-state index contributed by atoms with van der Waals surface area (Å²) in [7, 11) is 0. The fourth-order valence-corrected chi connectivity index (χ4v) is 7.99. The Morgan fingerprint density at radius 3 is 2.03 bits per heavy atom. The van der Waals surface area contributed by atoms with Crippen LogP contribution < -0.4 is 10.6 Å². The second kappa shape index (κ2) is 22.9. The molecule has 5 rings (SSSR count). The van der Waals surface area contributed by atoms with Crippen molar-refractivity contribution in [2.75, 3.05) is 32.1 Å². The molecule has 0 aliphatic heterocycles. The molecule has 58 heavy (non-hydrogen) atoms. The smallest absolute Gasteiger partial charge is 0.407 e. The van der Waals surface area contributed by atoms with Crippen molar-refractivity contribution >= 4 is 35.6 Å². The first-order valence-electron chi connectivity index (χ1n) is 19.7. The molecule has 304 valence electrons. The van der Waals surface area contributed by atoms with Crippen LogP contribution in [0.3, 0.4) is 0 Å². The van der Waals surface area contributed by atoms with E-state index in [9.17, 15) is 24.3 Å². The molecule has 3 N–H and O–H groups in total. The number of benzene rings is 4. The Morgan fingerprint density at radius 2 is 1.41 bits per heavy atom. The molecule has 4 aromatic carbocycles. The van der Waals surface area contributed by atoms with Gasteiger partial charge in [-0.25, -0.2) is 9.59 Å². The molecule has 0 unspecified atom stereocenters. The highest BCUT2D eigenvalue weighted by molar-refractivity contribution is 7.98. The topological polar surface area (TPSA) is 134 Å². The Bertz CT molecular complexity index is 1930. The molecule has 0 fully saturated rings. The maximum Gasteiger partial charge on any atom is 0.407 e. The van der Waals surface area contributed by atoms with Gasteiger partial charge < -0.3 is 30.1 Å². The van der Waals surface area contributed by atoms with E-state index in [0.29, 0.717) is 24.5 Å². The number of carbonyl (C=O) groups is 4. The summed E-state index contributed by atoms with van der Waals surface area (Å²) in [5.41, 5.74) is 6.38. The molecule has 3 amide bonds. The minimum Gasteiger partial charge on any atom is -0.462 e. The summed E-state index contributed by atoms with van der Waals surface area (Å²) in [5, 5.41) is 15.4. The maximum absolute atomic E-state index is 13.8. The van der Waals surface area contributed by atoms with Gasteiger partial charge in [0.15, 0.2) is 0 Å². The number of aliphatic hydroxyl groups is 1. The standard InChI is InChI=1S/C47H53N3O7S/c1-3-5-25-43(49-47(55)57-31-42-40-23-14-12-21-38(40)39-22-13-15-24-41(39)42)46(54)56-30-37(33-58-32-35-19-10-7-11-20-35)48-45(53)36(16-4-2)28-44(52)50(26-27-51)29-34-17-8-6-9-18-34/h3-4,6-15,17-24,36-37,42-43,51H,1-2,5,16,25-33H2,(H,48,53)(H,49,55)/t36-,37+,43-/m0/s1. The normalized spacial score (nSPS) is 13.2. The van der Waals surface area contributed by atoms with Crippen LogP contribution in [0.2, 0.25) is 0 Å². The number of amides is 3. The molecule has 0 radical (unpaired) electrons. The van der Waals surface area contributed by atoms with Gasteiger partial charge in [0.25, 0.3) is 0 Å². The number of fused-ring (bicyclic) bond motifs is 3. The van der Waals surface area contributed by atoms with E-state index in [4.69, 9.17) is 9.47 Å². The van der Waals surface area contributed by atoms with E-state index in [1.54, 1.807) is 28.8 Å². The van der Waals surface area contributed by atoms with Crippen LogP contribution in [0.4, 0.5) is 4.79 Å². The van der Waals surface area contributed by atoms with Crippen molar-refractivity contribution in [3.63, 3.8) is 0 Å². The summed E-state index contributed by atoms with van der Waals surface area (Å²) < 4.78 is 11.5. The molecule has 1 aliphatic carbocycles. The Hall–Kier alpha value is -5.65. The van der Waals surface area contributed by atoms with Crippen molar-refractivity contribution in [1.29, 1.82) is 0 Å². The van der Waals surface area contributed by atoms with E-state index in [0.717, 1.165) is 33.4 Å². The average Bonchev–Trinajstić information content (AvgIpc) is 3.57. The largest absolute Gasteiger partial charge is 0.462 e. The second-order valence-corrected chi connectivity index (χ2v) is 15.2. The molecule has 0 spiro atoms. The van der Waals surface area contributed by atoms with Gasteiger partial charge in [0.05, 0.1) is 18.6 Å². The van der Waals surface area contributed by atoms with Gasteiger partial charge in [-0.3, -0.25) is 9.59 Å². The zero-order chi connectivity index (χ0) is 41.1. The third-order valence-electron chi connectivity index (χ3n) is 9.97. The van der Waals surface area contributed by atoms with Crippen LogP contribution in [0.25, 0.3) is 11.1 Å². The van der Waals surface area contributed by atoms with Crippen molar-refractivity contribution in [2.45, 2.75) is 56.0 Å². The number of alkyl carbamates (subject to hydrolysis) is 1. The summed E-state index contributed by atoms with van der Waals surface area (Å²) in [6.45, 7) is 7.72. The van der Waals surface area contributed by atoms with Crippen molar-refractivity contribution in [3.05, 3.63) is 157 Å². The molecule has 0 saturated carbocycles. The lowest BCUT2D eigenvalue weighted by atomic mass is 9.98. The number of esters is 1. The summed E-state index contributed by atoms with van der Waals surface area (Å²) >= 11 is 1.57. The van der Waals surface area contributed by atoms with Gasteiger partial charge >= 0.3 is 12.1 Å². The minimum atomic E-state index is -1.02. The minimum absolute atomic E-state index is 0.0915. The van der Waals surface area contributed by atoms with Gasteiger partial charge in [-0.05, 0) is 52.6 Å². The number of hydrogen-bond donors (Lipinski definition) is 3. The first-order chi connectivity index (χ1) is 28.3. The number of carbonyl (C=O) groups excluding carboxylic acids is 4. The second-order valence-electron chi connectivity index (χ2n) is 14.2. The monoisotopic (exact) mass is 803 g/mol. The molecule has 4 aromatic rings. The Kier molecular flexibility index (Phi) is 17.2. The molecule has 3 atom stereocenters. The number of aliphatic hydroxyl groups excluding tert-OH is 1. The van der Waals surface area contributed by atoms with Crippen LogP contribution in [-0.2, 0) is 36.2 Å². The maximum atomic E-state index is 13.8. The van der Waals surface area contributed by atoms with E-state index >= 15 is 0 Å². The fraction of sp³-hybridized carbons (Fsp3) is 0.319. The third kappa shape index (κ3) is 12.7. The van der Waals surface area contributed by atoms with Crippen LogP contribution in [-0.4, -0.2) is 78.1 Å². The van der Waals surface area contributed by atoms with Gasteiger partial charge in [-0.1, -0.05) is 121 Å². The SMILES string of the molecule is C=CCC[C@H](NC(=O)OCC1c2ccccc2-c2ccccc21)C(=O)OC[C@H](CSCc1ccccc1)NC(=O)[C@@H](CC=C)CC(=O)N(CCO)Cc1ccccc1. The number of hydrogen-bond acceptors (Lipinski definition) is 8. The lowest BCUT2D eigenvalue weighted by Gasteiger charge is -2.26. The lowest BCUT2D eigenvalue weighted by molar-refractivity contribution is -0.147. The highest BCUT2D eigenvalue weighted by Gasteiger charge is 2.31. The quantitative estimate of drug-likeness (QED) is 0.0521. The van der Waals surface area contributed by atoms with Crippen molar-refractivity contribution < 1.29 is 33.8 Å². The summed E-state index contributed by atoms with van der Waals surface area (Å²) in [6, 6.07) is 33.8. The predicted molar refractivity (Wildman–Crippen MR) is 229 cm³/mol. The molecular formula is C47H53N3O7S. The number of allylic oxidation sites excluding steroid dienone is 2. The molecule has 0 heterocycles. The number of ether oxygens (including phenoxy) is 2. The Balaban J connectivity index is 1.22. The first-order valence-corrected chi connectivity index (χ1v) is 20.8. The van der Waals surface area contributed by atoms with E-state index in [-0.39, 0.29) is 63.4 Å². The van der Waals surface area contributed by atoms with E-state index in [1.165, 1.54) is 0 Å². The van der Waals surface area contributed by atoms with Crippen LogP contribution >= 0.6 is 11.8 Å². The van der Waals surface area contributed by atoms with Crippen LogP contribution in [0.15, 0.2) is 135 Å². The third-order valence-corrected chi connectivity index (χ3v) is 11.1. The number of rotatable bonds is 23. The van der Waals surface area contributed by atoms with Gasteiger partial charge in [-0.15, -0.1) is 13.2 Å². The molecule has 10 nitrogen and oxygen atoms in total. The highest BCUT2D eigenvalue weighted by Crippen LogP contribution is 2.44. The number of thioether (sulfide) groups is 1. The zero-order valence-electron chi connectivity index (χ0n) is 32.8. The Labute approximate surface area is 345 Å². The van der Waals surface area contributed by atoms with Crippen LogP contribution in [0, 0.1) is 5.92 Å². The van der Waals surface area contributed by atoms with Crippen molar-refractivity contribution in [2.24, 2.45) is 5.92 Å². The zero-order valence-corrected chi connectivity index (χ0v) is 33.6. The number of nitrogens with zero attached hydrogens (tertiary/aromatic N) is 1. The average molecular weight is 804 g/mol. The van der Waals surface area contributed by atoms with Gasteiger partial charge in [0, 0.05) is 36.9 Å². The van der Waals surface area contributed by atoms with E-state index in [1.807, 2.05) is 97.1 Å². The highest BCUT2D eigenvalue weighted by atomic mass is 32.2. The van der Waals surface area contributed by atoms with Gasteiger partial charge in [0.2, 0.25) is 11.8 Å². The molecule has 0 bridgehead atoms. The van der Waals surface area contributed by atoms with Gasteiger partial charge in [0.1, 0.15) is 19.3 Å². The van der Waals surface area contributed by atoms with Crippen LogP contribution in [0.1, 0.15) is 53.9 Å². The first kappa shape index (κ1) is 43.5. The molecule has 0 aromatic heterocycles. The summed E-state index contributed by atoms with van der Waals surface area (Å²) in [6.07, 6.45) is 3.34. The van der Waals surface area contributed by atoms with Crippen molar-refractivity contribution in [3.8, 4) is 11.1 Å². The molecule has 0 saturated heterocycles. The van der Waals surface area contributed by atoms with Gasteiger partial charge in [-0.2, -0.15) is 11.8 Å². The molecule has 11 heteroatoms. The number of nitrogens with one attached hydrogen (secondary N) is 2. The predicted octanol–water partition coefficient (Wildman–Crippen LogP) is 7.42. The van der Waals surface area contributed by atoms with E-state index < -0.39 is 30.1 Å². The summed E-state index contributed by atoms with van der Waals surface area (Å²) in [4.78, 5) is 55.7. The van der Waals surface area contributed by atoms with E-state index in [2.05, 4.69) is 35.9 Å². The molecule has 1 aliphatic rings. The van der Waals surface area contributed by atoms with Crippen LogP contribution in [0.5, 0.6) is 0 Å². The lowest BCUT2D eigenvalue weighted by Crippen LogP contribution is -2.47. The summed E-state index contributed by atoms with van der Waals surface area (Å²) in [5.74, 6) is -1.13. The Morgan fingerprint density at radius 1 is 0.793 bits per heavy atom. The molecular weight excluding hydrogens is 751 g/mol.